The predicted molar refractivity (Wildman–Crippen MR) is 48.9 cm³/mol. The molecule has 1 aliphatic rings. The van der Waals surface area contributed by atoms with Crippen molar-refractivity contribution in [2.75, 3.05) is 6.54 Å². The van der Waals surface area contributed by atoms with Crippen molar-refractivity contribution in [3.05, 3.63) is 29.6 Å². The van der Waals surface area contributed by atoms with Crippen LogP contribution in [0.1, 0.15) is 24.6 Å². The van der Waals surface area contributed by atoms with Crippen LogP contribution < -0.4 is 5.32 Å². The fourth-order valence-electron chi connectivity index (χ4n) is 1.54. The van der Waals surface area contributed by atoms with Crippen molar-refractivity contribution in [1.82, 2.24) is 10.3 Å². The van der Waals surface area contributed by atoms with Gasteiger partial charge in [-0.05, 0) is 38.4 Å². The lowest BCUT2D eigenvalue weighted by Crippen LogP contribution is -2.51. The van der Waals surface area contributed by atoms with Crippen LogP contribution >= 0.6 is 0 Å². The third kappa shape index (κ3) is 1.12. The molecule has 1 aliphatic heterocycles. The standard InChI is InChI=1S/C10H14N2/c1-8-3-4-9(7-11-8)10(2)5-6-12-10/h3-4,7,12H,5-6H2,1-2H3/t10-/m1/s1. The van der Waals surface area contributed by atoms with Crippen molar-refractivity contribution < 1.29 is 0 Å². The minimum absolute atomic E-state index is 0.195. The van der Waals surface area contributed by atoms with Gasteiger partial charge in [0.05, 0.1) is 0 Å². The second kappa shape index (κ2) is 2.56. The molecule has 2 rings (SSSR count). The molecular weight excluding hydrogens is 148 g/mol. The lowest BCUT2D eigenvalue weighted by Gasteiger charge is -2.40. The van der Waals surface area contributed by atoms with Gasteiger partial charge in [-0.2, -0.15) is 0 Å². The molecule has 0 aliphatic carbocycles. The molecule has 0 saturated carbocycles. The molecule has 0 aromatic carbocycles. The van der Waals surface area contributed by atoms with E-state index < -0.39 is 0 Å². The molecule has 1 saturated heterocycles. The highest BCUT2D eigenvalue weighted by Gasteiger charge is 2.32. The van der Waals surface area contributed by atoms with Gasteiger partial charge in [-0.1, -0.05) is 6.07 Å². The average molecular weight is 162 g/mol. The molecule has 1 aromatic rings. The molecule has 1 atom stereocenters. The molecule has 12 heavy (non-hydrogen) atoms. The second-order valence-electron chi connectivity index (χ2n) is 3.70. The molecule has 0 bridgehead atoms. The number of aryl methyl sites for hydroxylation is 1. The van der Waals surface area contributed by atoms with E-state index in [0.717, 1.165) is 12.2 Å². The van der Waals surface area contributed by atoms with Gasteiger partial charge in [-0.25, -0.2) is 0 Å². The van der Waals surface area contributed by atoms with Gasteiger partial charge in [0.15, 0.2) is 0 Å². The Hall–Kier alpha value is -0.890. The first kappa shape index (κ1) is 7.74. The minimum Gasteiger partial charge on any atom is -0.307 e. The van der Waals surface area contributed by atoms with E-state index in [1.807, 2.05) is 13.1 Å². The number of nitrogens with one attached hydrogen (secondary N) is 1. The maximum Gasteiger partial charge on any atom is 0.0433 e. The van der Waals surface area contributed by atoms with Crippen LogP contribution in [0.4, 0.5) is 0 Å². The van der Waals surface area contributed by atoms with Crippen LogP contribution in [0.3, 0.4) is 0 Å². The molecule has 2 heteroatoms. The van der Waals surface area contributed by atoms with E-state index in [0.29, 0.717) is 0 Å². The molecule has 1 aromatic heterocycles. The number of hydrogen-bond acceptors (Lipinski definition) is 2. The van der Waals surface area contributed by atoms with Gasteiger partial charge < -0.3 is 5.32 Å². The molecule has 0 unspecified atom stereocenters. The Morgan fingerprint density at radius 2 is 2.25 bits per heavy atom. The summed E-state index contributed by atoms with van der Waals surface area (Å²) >= 11 is 0. The van der Waals surface area contributed by atoms with E-state index in [9.17, 15) is 0 Å². The number of pyridine rings is 1. The third-order valence-corrected chi connectivity index (χ3v) is 2.69. The van der Waals surface area contributed by atoms with Crippen molar-refractivity contribution in [2.24, 2.45) is 0 Å². The van der Waals surface area contributed by atoms with Crippen molar-refractivity contribution in [3.8, 4) is 0 Å². The van der Waals surface area contributed by atoms with Gasteiger partial charge in [0.2, 0.25) is 0 Å². The largest absolute Gasteiger partial charge is 0.307 e. The summed E-state index contributed by atoms with van der Waals surface area (Å²) in [6, 6.07) is 4.23. The molecular formula is C10H14N2. The fourth-order valence-corrected chi connectivity index (χ4v) is 1.54. The zero-order chi connectivity index (χ0) is 8.60. The first-order valence-corrected chi connectivity index (χ1v) is 4.39. The van der Waals surface area contributed by atoms with Crippen LogP contribution in [0.2, 0.25) is 0 Å². The van der Waals surface area contributed by atoms with Crippen LogP contribution in [0.25, 0.3) is 0 Å². The second-order valence-corrected chi connectivity index (χ2v) is 3.70. The van der Waals surface area contributed by atoms with Crippen molar-refractivity contribution in [3.63, 3.8) is 0 Å². The zero-order valence-corrected chi connectivity index (χ0v) is 7.59. The number of rotatable bonds is 1. The summed E-state index contributed by atoms with van der Waals surface area (Å²) < 4.78 is 0. The van der Waals surface area contributed by atoms with Crippen LogP contribution in [-0.2, 0) is 5.54 Å². The van der Waals surface area contributed by atoms with Gasteiger partial charge in [0.1, 0.15) is 0 Å². The van der Waals surface area contributed by atoms with Gasteiger partial charge in [0, 0.05) is 17.4 Å². The van der Waals surface area contributed by atoms with Crippen LogP contribution in [-0.4, -0.2) is 11.5 Å². The summed E-state index contributed by atoms with van der Waals surface area (Å²) in [7, 11) is 0. The maximum absolute atomic E-state index is 4.29. The Kier molecular flexibility index (Phi) is 1.65. The quantitative estimate of drug-likeness (QED) is 0.678. The van der Waals surface area contributed by atoms with Crippen LogP contribution in [0.5, 0.6) is 0 Å². The maximum atomic E-state index is 4.29. The van der Waals surface area contributed by atoms with Crippen molar-refractivity contribution in [1.29, 1.82) is 0 Å². The number of nitrogens with zero attached hydrogens (tertiary/aromatic N) is 1. The summed E-state index contributed by atoms with van der Waals surface area (Å²) in [4.78, 5) is 4.29. The molecule has 1 N–H and O–H groups in total. The van der Waals surface area contributed by atoms with E-state index in [4.69, 9.17) is 0 Å². The highest BCUT2D eigenvalue weighted by molar-refractivity contribution is 5.24. The Bertz CT molecular complexity index is 272. The molecule has 1 fully saturated rings. The van der Waals surface area contributed by atoms with Gasteiger partial charge in [-0.3, -0.25) is 4.98 Å². The highest BCUT2D eigenvalue weighted by Crippen LogP contribution is 2.29. The zero-order valence-electron chi connectivity index (χ0n) is 7.59. The lowest BCUT2D eigenvalue weighted by atomic mass is 9.84. The Balaban J connectivity index is 2.28. The molecule has 64 valence electrons. The first-order valence-electron chi connectivity index (χ1n) is 4.39. The van der Waals surface area contributed by atoms with E-state index in [1.54, 1.807) is 0 Å². The summed E-state index contributed by atoms with van der Waals surface area (Å²) in [6.07, 6.45) is 3.19. The number of aromatic nitrogens is 1. The summed E-state index contributed by atoms with van der Waals surface area (Å²) in [5, 5.41) is 3.42. The van der Waals surface area contributed by atoms with Gasteiger partial charge in [0.25, 0.3) is 0 Å². The normalized spacial score (nSPS) is 28.2. The summed E-state index contributed by atoms with van der Waals surface area (Å²) in [6.45, 7) is 5.37. The number of hydrogen-bond donors (Lipinski definition) is 1. The molecule has 2 heterocycles. The Morgan fingerprint density at radius 3 is 2.67 bits per heavy atom. The van der Waals surface area contributed by atoms with E-state index >= 15 is 0 Å². The minimum atomic E-state index is 0.195. The van der Waals surface area contributed by atoms with E-state index in [-0.39, 0.29) is 5.54 Å². The summed E-state index contributed by atoms with van der Waals surface area (Å²) in [5.41, 5.74) is 2.58. The highest BCUT2D eigenvalue weighted by atomic mass is 15.0. The average Bonchev–Trinajstić information content (AvgIpc) is 2.02. The fraction of sp³-hybridized carbons (Fsp3) is 0.500. The van der Waals surface area contributed by atoms with Crippen molar-refractivity contribution >= 4 is 0 Å². The van der Waals surface area contributed by atoms with Gasteiger partial charge in [-0.15, -0.1) is 0 Å². The van der Waals surface area contributed by atoms with Crippen LogP contribution in [0.15, 0.2) is 18.3 Å². The first-order chi connectivity index (χ1) is 5.71. The third-order valence-electron chi connectivity index (χ3n) is 2.69. The van der Waals surface area contributed by atoms with E-state index in [1.165, 1.54) is 12.0 Å². The molecule has 0 spiro atoms. The Morgan fingerprint density at radius 1 is 1.50 bits per heavy atom. The SMILES string of the molecule is Cc1ccc([C@@]2(C)CCN2)cn1. The van der Waals surface area contributed by atoms with Gasteiger partial charge >= 0.3 is 0 Å². The molecule has 0 amide bonds. The monoisotopic (exact) mass is 162 g/mol. The van der Waals surface area contributed by atoms with Crippen LogP contribution in [0, 0.1) is 6.92 Å². The van der Waals surface area contributed by atoms with Crippen molar-refractivity contribution in [2.45, 2.75) is 25.8 Å². The molecule has 2 nitrogen and oxygen atoms in total. The smallest absolute Gasteiger partial charge is 0.0433 e. The van der Waals surface area contributed by atoms with E-state index in [2.05, 4.69) is 29.4 Å². The molecule has 0 radical (unpaired) electrons. The topological polar surface area (TPSA) is 24.9 Å². The lowest BCUT2D eigenvalue weighted by molar-refractivity contribution is 0.236. The Labute approximate surface area is 73.0 Å². The predicted octanol–water partition coefficient (Wildman–Crippen LogP) is 1.60. The summed E-state index contributed by atoms with van der Waals surface area (Å²) in [5.74, 6) is 0.